The second kappa shape index (κ2) is 8.26. The molecule has 3 heterocycles. The first-order valence-corrected chi connectivity index (χ1v) is 10.5. The number of esters is 1. The van der Waals surface area contributed by atoms with Crippen molar-refractivity contribution in [3.63, 3.8) is 0 Å². The Balaban J connectivity index is 1.91. The molecule has 140 valence electrons. The Hall–Kier alpha value is -1.81. The number of rotatable bonds is 7. The second-order valence-corrected chi connectivity index (χ2v) is 8.88. The summed E-state index contributed by atoms with van der Waals surface area (Å²) < 4.78 is 38.1. The molecule has 1 aliphatic heterocycles. The third-order valence-corrected chi connectivity index (χ3v) is 6.75. The van der Waals surface area contributed by atoms with Crippen molar-refractivity contribution in [1.82, 2.24) is 9.29 Å². The number of methoxy groups -OCH3 is 1. The topological polar surface area (TPSA) is 85.8 Å². The molecule has 0 unspecified atom stereocenters. The number of nitrogens with zero attached hydrogens (tertiary/aromatic N) is 2. The van der Waals surface area contributed by atoms with Crippen LogP contribution in [0.4, 0.5) is 0 Å². The van der Waals surface area contributed by atoms with Crippen molar-refractivity contribution in [2.24, 2.45) is 0 Å². The van der Waals surface area contributed by atoms with Crippen LogP contribution in [0.15, 0.2) is 40.9 Å². The molecule has 1 aliphatic rings. The van der Waals surface area contributed by atoms with Gasteiger partial charge in [-0.1, -0.05) is 6.07 Å². The van der Waals surface area contributed by atoms with Crippen LogP contribution >= 0.6 is 11.3 Å². The Morgan fingerprint density at radius 1 is 1.46 bits per heavy atom. The number of aromatic nitrogens is 1. The summed E-state index contributed by atoms with van der Waals surface area (Å²) >= 11 is 1.50. The fourth-order valence-corrected chi connectivity index (χ4v) is 5.02. The lowest BCUT2D eigenvalue weighted by atomic mass is 10.2. The summed E-state index contributed by atoms with van der Waals surface area (Å²) in [6.45, 7) is 1.17. The van der Waals surface area contributed by atoms with Gasteiger partial charge < -0.3 is 9.47 Å². The van der Waals surface area contributed by atoms with Crippen molar-refractivity contribution < 1.29 is 22.7 Å². The van der Waals surface area contributed by atoms with E-state index < -0.39 is 16.0 Å². The number of sulfonamides is 1. The van der Waals surface area contributed by atoms with Crippen LogP contribution in [-0.2, 0) is 26.0 Å². The van der Waals surface area contributed by atoms with E-state index in [-0.39, 0.29) is 29.7 Å². The molecular formula is C17H20N2O5S2. The van der Waals surface area contributed by atoms with E-state index >= 15 is 0 Å². The molecule has 0 amide bonds. The Morgan fingerprint density at radius 2 is 2.31 bits per heavy atom. The summed E-state index contributed by atoms with van der Waals surface area (Å²) in [7, 11) is -2.60. The fraction of sp³-hybridized carbons (Fsp3) is 0.412. The van der Waals surface area contributed by atoms with Crippen molar-refractivity contribution >= 4 is 27.3 Å². The number of pyridine rings is 1. The van der Waals surface area contributed by atoms with Crippen molar-refractivity contribution in [3.05, 3.63) is 46.4 Å². The molecule has 2 aromatic heterocycles. The smallest absolute Gasteiger partial charge is 0.339 e. The Kier molecular flexibility index (Phi) is 6.02. The van der Waals surface area contributed by atoms with Crippen molar-refractivity contribution in [1.29, 1.82) is 0 Å². The molecule has 1 atom stereocenters. The van der Waals surface area contributed by atoms with Gasteiger partial charge in [0.25, 0.3) is 0 Å². The highest BCUT2D eigenvalue weighted by Crippen LogP contribution is 2.24. The van der Waals surface area contributed by atoms with Gasteiger partial charge in [0.15, 0.2) is 0 Å². The van der Waals surface area contributed by atoms with Crippen molar-refractivity contribution in [2.45, 2.75) is 30.4 Å². The Morgan fingerprint density at radius 3 is 2.96 bits per heavy atom. The van der Waals surface area contributed by atoms with Crippen molar-refractivity contribution in [2.75, 3.05) is 20.3 Å². The number of ether oxygens (including phenoxy) is 2. The number of thiophene rings is 1. The summed E-state index contributed by atoms with van der Waals surface area (Å²) in [5, 5.41) is 1.91. The van der Waals surface area contributed by atoms with E-state index in [1.54, 1.807) is 0 Å². The van der Waals surface area contributed by atoms with Gasteiger partial charge in [-0.15, -0.1) is 11.3 Å². The zero-order valence-corrected chi connectivity index (χ0v) is 16.0. The molecule has 7 nitrogen and oxygen atoms in total. The third-order valence-electron chi connectivity index (χ3n) is 4.12. The SMILES string of the molecule is COC(=O)c1cncc(S(=O)(=O)N(Cc2cccs2)C[C@@H]2CCCO2)c1. The highest BCUT2D eigenvalue weighted by molar-refractivity contribution is 7.89. The van der Waals surface area contributed by atoms with Gasteiger partial charge in [-0.3, -0.25) is 4.98 Å². The minimum absolute atomic E-state index is 0.0325. The Bertz CT molecular complexity index is 846. The first kappa shape index (κ1) is 19.0. The van der Waals surface area contributed by atoms with Crippen LogP contribution in [-0.4, -0.2) is 50.0 Å². The molecule has 0 spiro atoms. The number of hydrogen-bond acceptors (Lipinski definition) is 7. The molecule has 0 aliphatic carbocycles. The quantitative estimate of drug-likeness (QED) is 0.668. The van der Waals surface area contributed by atoms with Crippen LogP contribution in [0, 0.1) is 0 Å². The highest BCUT2D eigenvalue weighted by atomic mass is 32.2. The predicted octanol–water partition coefficient (Wildman–Crippen LogP) is 2.30. The van der Waals surface area contributed by atoms with Gasteiger partial charge in [-0.05, 0) is 30.4 Å². The van der Waals surface area contributed by atoms with E-state index in [9.17, 15) is 13.2 Å². The molecule has 0 radical (unpaired) electrons. The van der Waals surface area contributed by atoms with Crippen molar-refractivity contribution in [3.8, 4) is 0 Å². The molecular weight excluding hydrogens is 376 g/mol. The lowest BCUT2D eigenvalue weighted by Crippen LogP contribution is -2.36. The minimum atomic E-state index is -3.84. The molecule has 26 heavy (non-hydrogen) atoms. The lowest BCUT2D eigenvalue weighted by Gasteiger charge is -2.24. The van der Waals surface area contributed by atoms with Gasteiger partial charge in [-0.25, -0.2) is 13.2 Å². The molecule has 0 aromatic carbocycles. The molecule has 3 rings (SSSR count). The predicted molar refractivity (Wildman–Crippen MR) is 96.5 cm³/mol. The van der Waals surface area contributed by atoms with E-state index in [2.05, 4.69) is 9.72 Å². The first-order chi connectivity index (χ1) is 12.5. The molecule has 2 aromatic rings. The second-order valence-electron chi connectivity index (χ2n) is 5.91. The summed E-state index contributed by atoms with van der Waals surface area (Å²) in [5.41, 5.74) is 0.0989. The van der Waals surface area contributed by atoms with Crippen LogP contribution in [0.5, 0.6) is 0 Å². The third kappa shape index (κ3) is 4.29. The summed E-state index contributed by atoms with van der Waals surface area (Å²) in [4.78, 5) is 16.5. The van der Waals surface area contributed by atoms with Crippen LogP contribution in [0.25, 0.3) is 0 Å². The van der Waals surface area contributed by atoms with E-state index in [0.717, 1.165) is 17.7 Å². The monoisotopic (exact) mass is 396 g/mol. The maximum atomic E-state index is 13.2. The van der Waals surface area contributed by atoms with Gasteiger partial charge >= 0.3 is 5.97 Å². The van der Waals surface area contributed by atoms with Gasteiger partial charge in [-0.2, -0.15) is 4.31 Å². The Labute approximate surface area is 156 Å². The lowest BCUT2D eigenvalue weighted by molar-refractivity contribution is 0.0600. The molecule has 1 fully saturated rings. The minimum Gasteiger partial charge on any atom is -0.465 e. The van der Waals surface area contributed by atoms with E-state index in [1.165, 1.54) is 41.2 Å². The molecule has 9 heteroatoms. The van der Waals surface area contributed by atoms with E-state index in [0.29, 0.717) is 6.61 Å². The van der Waals surface area contributed by atoms with Crippen LogP contribution in [0.1, 0.15) is 28.1 Å². The zero-order chi connectivity index (χ0) is 18.6. The molecule has 0 N–H and O–H groups in total. The van der Waals surface area contributed by atoms with Gasteiger partial charge in [0.2, 0.25) is 10.0 Å². The molecule has 0 bridgehead atoms. The van der Waals surface area contributed by atoms with Gasteiger partial charge in [0.05, 0.1) is 18.8 Å². The highest BCUT2D eigenvalue weighted by Gasteiger charge is 2.30. The summed E-state index contributed by atoms with van der Waals surface area (Å²) in [6.07, 6.45) is 4.17. The fourth-order valence-electron chi connectivity index (χ4n) is 2.78. The standard InChI is InChI=1S/C17H20N2O5S2/c1-23-17(20)13-8-16(10-18-9-13)26(21,22)19(11-14-4-2-6-24-14)12-15-5-3-7-25-15/h3,5,7-10,14H,2,4,6,11-12H2,1H3/t14-/m0/s1. The number of hydrogen-bond donors (Lipinski definition) is 0. The average Bonchev–Trinajstić information content (AvgIpc) is 3.34. The zero-order valence-electron chi connectivity index (χ0n) is 14.3. The summed E-state index contributed by atoms with van der Waals surface area (Å²) in [5.74, 6) is -0.626. The van der Waals surface area contributed by atoms with Crippen LogP contribution < -0.4 is 0 Å². The van der Waals surface area contributed by atoms with Gasteiger partial charge in [0.1, 0.15) is 4.90 Å². The average molecular weight is 396 g/mol. The molecule has 0 saturated carbocycles. The molecule has 1 saturated heterocycles. The van der Waals surface area contributed by atoms with E-state index in [1.807, 2.05) is 17.5 Å². The number of carbonyl (C=O) groups excluding carboxylic acids is 1. The van der Waals surface area contributed by atoms with Gasteiger partial charge in [0, 0.05) is 37.0 Å². The largest absolute Gasteiger partial charge is 0.465 e. The van der Waals surface area contributed by atoms with E-state index in [4.69, 9.17) is 4.74 Å². The summed E-state index contributed by atoms with van der Waals surface area (Å²) in [6, 6.07) is 5.08. The number of carbonyl (C=O) groups is 1. The normalized spacial score (nSPS) is 17.5. The maximum absolute atomic E-state index is 13.2. The maximum Gasteiger partial charge on any atom is 0.339 e. The van der Waals surface area contributed by atoms with Crippen LogP contribution in [0.2, 0.25) is 0 Å². The first-order valence-electron chi connectivity index (χ1n) is 8.18. The van der Waals surface area contributed by atoms with Crippen LogP contribution in [0.3, 0.4) is 0 Å².